The number of likely N-dealkylation sites (tertiary alicyclic amines) is 1. The van der Waals surface area contributed by atoms with Crippen molar-refractivity contribution in [2.75, 3.05) is 26.7 Å². The van der Waals surface area contributed by atoms with E-state index in [9.17, 15) is 4.79 Å². The fourth-order valence-electron chi connectivity index (χ4n) is 3.15. The Balaban J connectivity index is 1.60. The zero-order valence-electron chi connectivity index (χ0n) is 14.3. The monoisotopic (exact) mass is 347 g/mol. The molecule has 2 aromatic rings. The molecule has 1 aliphatic rings. The van der Waals surface area contributed by atoms with Gasteiger partial charge in [-0.2, -0.15) is 0 Å². The molecule has 0 radical (unpaired) electrons. The Labute approximate surface area is 147 Å². The number of hydrogen-bond donors (Lipinski definition) is 1. The Bertz CT molecular complexity index is 621. The third kappa shape index (κ3) is 3.82. The Morgan fingerprint density at radius 3 is 2.79 bits per heavy atom. The number of carbonyl (C=O) groups excluding carboxylic acids is 1. The molecule has 2 aromatic heterocycles. The van der Waals surface area contributed by atoms with E-state index in [1.807, 2.05) is 30.6 Å². The summed E-state index contributed by atoms with van der Waals surface area (Å²) >= 11 is 1.67. The number of furan rings is 1. The second-order valence-corrected chi connectivity index (χ2v) is 7.24. The highest BCUT2D eigenvalue weighted by atomic mass is 32.1. The third-order valence-corrected chi connectivity index (χ3v) is 5.80. The first-order chi connectivity index (χ1) is 11.7. The van der Waals surface area contributed by atoms with Crippen LogP contribution in [0.3, 0.4) is 0 Å². The zero-order valence-corrected chi connectivity index (χ0v) is 15.1. The zero-order chi connectivity index (χ0) is 16.9. The maximum atomic E-state index is 12.5. The number of nitrogens with one attached hydrogen (secondary N) is 1. The lowest BCUT2D eigenvalue weighted by molar-refractivity contribution is 0.179. The second kappa shape index (κ2) is 7.85. The molecule has 6 heteroatoms. The predicted octanol–water partition coefficient (Wildman–Crippen LogP) is 3.88. The lowest BCUT2D eigenvalue weighted by atomic mass is 10.2. The average molecular weight is 347 g/mol. The molecule has 1 fully saturated rings. The van der Waals surface area contributed by atoms with Crippen molar-refractivity contribution in [1.29, 1.82) is 0 Å². The molecule has 24 heavy (non-hydrogen) atoms. The van der Waals surface area contributed by atoms with E-state index in [0.29, 0.717) is 6.54 Å². The van der Waals surface area contributed by atoms with Gasteiger partial charge in [0.15, 0.2) is 0 Å². The van der Waals surface area contributed by atoms with Crippen molar-refractivity contribution in [2.45, 2.75) is 31.8 Å². The first-order valence-corrected chi connectivity index (χ1v) is 9.36. The molecule has 5 nitrogen and oxygen atoms in total. The molecular formula is C18H25N3O2S. The van der Waals surface area contributed by atoms with Gasteiger partial charge in [-0.15, -0.1) is 11.3 Å². The van der Waals surface area contributed by atoms with Gasteiger partial charge in [0.25, 0.3) is 0 Å². The van der Waals surface area contributed by atoms with Crippen molar-refractivity contribution in [2.24, 2.45) is 0 Å². The number of rotatable bonds is 6. The van der Waals surface area contributed by atoms with Crippen molar-refractivity contribution in [3.05, 3.63) is 46.5 Å². The Morgan fingerprint density at radius 2 is 2.17 bits per heavy atom. The Kier molecular flexibility index (Phi) is 5.58. The lowest BCUT2D eigenvalue weighted by Crippen LogP contribution is -2.43. The van der Waals surface area contributed by atoms with Gasteiger partial charge in [0.1, 0.15) is 5.76 Å². The van der Waals surface area contributed by atoms with Crippen LogP contribution in [0.15, 0.2) is 40.3 Å². The van der Waals surface area contributed by atoms with E-state index in [4.69, 9.17) is 4.42 Å². The molecule has 0 bridgehead atoms. The third-order valence-electron chi connectivity index (χ3n) is 4.76. The van der Waals surface area contributed by atoms with E-state index in [1.165, 1.54) is 17.7 Å². The molecule has 3 rings (SSSR count). The molecule has 3 heterocycles. The summed E-state index contributed by atoms with van der Waals surface area (Å²) in [4.78, 5) is 17.9. The van der Waals surface area contributed by atoms with Gasteiger partial charge >= 0.3 is 6.03 Å². The Morgan fingerprint density at radius 1 is 1.38 bits per heavy atom. The van der Waals surface area contributed by atoms with E-state index in [0.717, 1.165) is 18.8 Å². The van der Waals surface area contributed by atoms with Crippen LogP contribution >= 0.6 is 11.3 Å². The van der Waals surface area contributed by atoms with E-state index in [1.54, 1.807) is 22.5 Å². The van der Waals surface area contributed by atoms with Gasteiger partial charge in [0, 0.05) is 18.5 Å². The van der Waals surface area contributed by atoms with Crippen LogP contribution in [0.4, 0.5) is 4.79 Å². The lowest BCUT2D eigenvalue weighted by Gasteiger charge is -2.29. The van der Waals surface area contributed by atoms with Crippen LogP contribution in [0, 0.1) is 0 Å². The van der Waals surface area contributed by atoms with Crippen LogP contribution in [0.2, 0.25) is 0 Å². The van der Waals surface area contributed by atoms with Gasteiger partial charge in [-0.3, -0.25) is 4.90 Å². The van der Waals surface area contributed by atoms with Crippen LogP contribution in [0.5, 0.6) is 0 Å². The second-order valence-electron chi connectivity index (χ2n) is 6.26. The molecular weight excluding hydrogens is 322 g/mol. The highest BCUT2D eigenvalue weighted by Gasteiger charge is 2.27. The molecule has 2 atom stereocenters. The largest absolute Gasteiger partial charge is 0.468 e. The minimum Gasteiger partial charge on any atom is -0.468 e. The van der Waals surface area contributed by atoms with Gasteiger partial charge in [-0.05, 0) is 56.4 Å². The summed E-state index contributed by atoms with van der Waals surface area (Å²) in [6, 6.07) is 8.11. The molecule has 0 aromatic carbocycles. The number of urea groups is 1. The molecule has 1 saturated heterocycles. The molecule has 1 aliphatic heterocycles. The fraction of sp³-hybridized carbons (Fsp3) is 0.500. The standard InChI is InChI=1S/C18H25N3O2S/c1-14(17-8-6-12-24-17)20(2)18(22)19-13-15(16-7-5-11-23-16)21-9-3-4-10-21/h5-8,11-12,14-15H,3-4,9-10,13H2,1-2H3,(H,19,22)/t14-,15-/m1/s1. The first kappa shape index (κ1) is 17.0. The maximum absolute atomic E-state index is 12.5. The fourth-order valence-corrected chi connectivity index (χ4v) is 3.97. The number of nitrogens with zero attached hydrogens (tertiary/aromatic N) is 2. The van der Waals surface area contributed by atoms with Gasteiger partial charge in [0.2, 0.25) is 0 Å². The molecule has 1 N–H and O–H groups in total. The van der Waals surface area contributed by atoms with Crippen molar-refractivity contribution in [3.63, 3.8) is 0 Å². The van der Waals surface area contributed by atoms with Crippen LogP contribution in [0.1, 0.15) is 42.5 Å². The van der Waals surface area contributed by atoms with Crippen LogP contribution < -0.4 is 5.32 Å². The summed E-state index contributed by atoms with van der Waals surface area (Å²) in [7, 11) is 1.84. The van der Waals surface area contributed by atoms with Crippen LogP contribution in [-0.4, -0.2) is 42.5 Å². The molecule has 0 aliphatic carbocycles. The minimum absolute atomic E-state index is 0.0494. The van der Waals surface area contributed by atoms with Crippen molar-refractivity contribution in [3.8, 4) is 0 Å². The highest BCUT2D eigenvalue weighted by molar-refractivity contribution is 7.10. The maximum Gasteiger partial charge on any atom is 0.317 e. The first-order valence-electron chi connectivity index (χ1n) is 8.48. The van der Waals surface area contributed by atoms with Crippen molar-refractivity contribution in [1.82, 2.24) is 15.1 Å². The van der Waals surface area contributed by atoms with E-state index in [-0.39, 0.29) is 18.1 Å². The van der Waals surface area contributed by atoms with Gasteiger partial charge < -0.3 is 14.6 Å². The minimum atomic E-state index is -0.0494. The van der Waals surface area contributed by atoms with Gasteiger partial charge in [-0.25, -0.2) is 4.79 Å². The highest BCUT2D eigenvalue weighted by Crippen LogP contribution is 2.26. The normalized spacial score (nSPS) is 17.6. The summed E-state index contributed by atoms with van der Waals surface area (Å²) < 4.78 is 5.60. The number of carbonyl (C=O) groups is 1. The average Bonchev–Trinajstić information content (AvgIpc) is 3.36. The summed E-state index contributed by atoms with van der Waals surface area (Å²) in [6.45, 7) is 4.73. The van der Waals surface area contributed by atoms with Crippen molar-refractivity contribution < 1.29 is 9.21 Å². The summed E-state index contributed by atoms with van der Waals surface area (Å²) in [5, 5.41) is 5.12. The van der Waals surface area contributed by atoms with Gasteiger partial charge in [-0.1, -0.05) is 6.07 Å². The summed E-state index contributed by atoms with van der Waals surface area (Å²) in [5.41, 5.74) is 0. The molecule has 0 unspecified atom stereocenters. The van der Waals surface area contributed by atoms with Crippen molar-refractivity contribution >= 4 is 17.4 Å². The van der Waals surface area contributed by atoms with Crippen LogP contribution in [-0.2, 0) is 0 Å². The smallest absolute Gasteiger partial charge is 0.317 e. The SMILES string of the molecule is C[C@H](c1cccs1)N(C)C(=O)NC[C@H](c1ccco1)N1CCCC1. The molecule has 0 spiro atoms. The van der Waals surface area contributed by atoms with E-state index >= 15 is 0 Å². The van der Waals surface area contributed by atoms with E-state index < -0.39 is 0 Å². The quantitative estimate of drug-likeness (QED) is 0.863. The molecule has 2 amide bonds. The summed E-state index contributed by atoms with van der Waals surface area (Å²) in [6.07, 6.45) is 4.12. The van der Waals surface area contributed by atoms with Gasteiger partial charge in [0.05, 0.1) is 18.3 Å². The number of thiophene rings is 1. The van der Waals surface area contributed by atoms with Crippen LogP contribution in [0.25, 0.3) is 0 Å². The predicted molar refractivity (Wildman–Crippen MR) is 96.2 cm³/mol. The number of amides is 2. The molecule has 0 saturated carbocycles. The van der Waals surface area contributed by atoms with E-state index in [2.05, 4.69) is 23.2 Å². The Hall–Kier alpha value is -1.79. The topological polar surface area (TPSA) is 48.7 Å². The molecule has 130 valence electrons. The number of hydrogen-bond acceptors (Lipinski definition) is 4. The summed E-state index contributed by atoms with van der Waals surface area (Å²) in [5.74, 6) is 0.922.